The van der Waals surface area contributed by atoms with E-state index in [1.807, 2.05) is 18.2 Å². The maximum Gasteiger partial charge on any atom is 0.412 e. The zero-order valence-corrected chi connectivity index (χ0v) is 10.5. The van der Waals surface area contributed by atoms with Gasteiger partial charge in [0.2, 0.25) is 0 Å². The molecule has 1 aromatic carbocycles. The molecule has 4 heteroatoms. The number of hydrogen-bond donors (Lipinski definition) is 2. The highest BCUT2D eigenvalue weighted by atomic mass is 16.5. The minimum atomic E-state index is -0.366. The molecular formula is C14H20N2O2. The molecule has 1 fully saturated rings. The minimum absolute atomic E-state index is 0.366. The van der Waals surface area contributed by atoms with E-state index in [-0.39, 0.29) is 6.09 Å². The van der Waals surface area contributed by atoms with Crippen LogP contribution in [0.1, 0.15) is 19.3 Å². The van der Waals surface area contributed by atoms with Crippen molar-refractivity contribution in [2.45, 2.75) is 19.3 Å². The Morgan fingerprint density at radius 2 is 2.00 bits per heavy atom. The van der Waals surface area contributed by atoms with E-state index in [9.17, 15) is 4.79 Å². The Kier molecular flexibility index (Phi) is 5.02. The number of rotatable bonds is 4. The van der Waals surface area contributed by atoms with Gasteiger partial charge in [0.25, 0.3) is 0 Å². The third kappa shape index (κ3) is 4.37. The fraction of sp³-hybridized carbons (Fsp3) is 0.500. The lowest BCUT2D eigenvalue weighted by Gasteiger charge is -2.22. The molecule has 0 aliphatic carbocycles. The van der Waals surface area contributed by atoms with E-state index in [2.05, 4.69) is 10.6 Å². The van der Waals surface area contributed by atoms with E-state index >= 15 is 0 Å². The van der Waals surface area contributed by atoms with Crippen molar-refractivity contribution in [3.8, 4) is 5.75 Å². The Hall–Kier alpha value is -1.55. The average Bonchev–Trinajstić information content (AvgIpc) is 2.41. The van der Waals surface area contributed by atoms with Crippen molar-refractivity contribution in [1.82, 2.24) is 10.6 Å². The summed E-state index contributed by atoms with van der Waals surface area (Å²) >= 11 is 0. The van der Waals surface area contributed by atoms with Crippen LogP contribution in [-0.4, -0.2) is 25.7 Å². The summed E-state index contributed by atoms with van der Waals surface area (Å²) in [6.45, 7) is 2.88. The summed E-state index contributed by atoms with van der Waals surface area (Å²) in [5.41, 5.74) is 0. The van der Waals surface area contributed by atoms with Crippen molar-refractivity contribution >= 4 is 6.09 Å². The van der Waals surface area contributed by atoms with E-state index in [1.54, 1.807) is 12.1 Å². The van der Waals surface area contributed by atoms with E-state index in [4.69, 9.17) is 4.74 Å². The quantitative estimate of drug-likeness (QED) is 0.858. The number of benzene rings is 1. The Bertz CT molecular complexity index is 361. The number of nitrogens with one attached hydrogen (secondary N) is 2. The summed E-state index contributed by atoms with van der Waals surface area (Å²) in [6, 6.07) is 9.12. The smallest absolute Gasteiger partial charge is 0.410 e. The predicted molar refractivity (Wildman–Crippen MR) is 70.7 cm³/mol. The molecular weight excluding hydrogens is 228 g/mol. The largest absolute Gasteiger partial charge is 0.412 e. The van der Waals surface area contributed by atoms with Gasteiger partial charge in [-0.25, -0.2) is 4.79 Å². The molecule has 1 aliphatic heterocycles. The summed E-state index contributed by atoms with van der Waals surface area (Å²) < 4.78 is 5.14. The molecule has 1 heterocycles. The zero-order chi connectivity index (χ0) is 12.6. The molecule has 1 aromatic rings. The fourth-order valence-electron chi connectivity index (χ4n) is 2.18. The van der Waals surface area contributed by atoms with E-state index in [0.29, 0.717) is 12.3 Å². The molecule has 98 valence electrons. The number of ether oxygens (including phenoxy) is 1. The standard InChI is InChI=1S/C14H20N2O2/c17-14(18-13-4-2-1-3-5-13)16-11-8-12-6-9-15-10-7-12/h1-5,12,15H,6-11H2,(H,16,17). The van der Waals surface area contributed by atoms with Gasteiger partial charge in [0.1, 0.15) is 5.75 Å². The topological polar surface area (TPSA) is 50.4 Å². The third-order valence-corrected chi connectivity index (χ3v) is 3.23. The van der Waals surface area contributed by atoms with Crippen LogP contribution < -0.4 is 15.4 Å². The van der Waals surface area contributed by atoms with Crippen LogP contribution in [0.3, 0.4) is 0 Å². The van der Waals surface area contributed by atoms with Gasteiger partial charge in [-0.2, -0.15) is 0 Å². The van der Waals surface area contributed by atoms with Gasteiger partial charge in [-0.1, -0.05) is 18.2 Å². The van der Waals surface area contributed by atoms with Gasteiger partial charge in [0, 0.05) is 6.54 Å². The summed E-state index contributed by atoms with van der Waals surface area (Å²) in [5, 5.41) is 6.13. The summed E-state index contributed by atoms with van der Waals surface area (Å²) in [4.78, 5) is 11.5. The number of para-hydroxylation sites is 1. The SMILES string of the molecule is O=C(NCCC1CCNCC1)Oc1ccccc1. The van der Waals surface area contributed by atoms with Crippen LogP contribution in [-0.2, 0) is 0 Å². The number of carbonyl (C=O) groups excluding carboxylic acids is 1. The predicted octanol–water partition coefficient (Wildman–Crippen LogP) is 2.16. The number of hydrogen-bond acceptors (Lipinski definition) is 3. The molecule has 2 rings (SSSR count). The molecule has 4 nitrogen and oxygen atoms in total. The van der Waals surface area contributed by atoms with Crippen LogP contribution >= 0.6 is 0 Å². The first-order chi connectivity index (χ1) is 8.84. The summed E-state index contributed by atoms with van der Waals surface area (Å²) in [7, 11) is 0. The average molecular weight is 248 g/mol. The molecule has 0 radical (unpaired) electrons. The highest BCUT2D eigenvalue weighted by Gasteiger charge is 2.13. The molecule has 0 saturated carbocycles. The summed E-state index contributed by atoms with van der Waals surface area (Å²) in [6.07, 6.45) is 3.08. The van der Waals surface area contributed by atoms with Crippen molar-refractivity contribution < 1.29 is 9.53 Å². The van der Waals surface area contributed by atoms with Crippen molar-refractivity contribution in [1.29, 1.82) is 0 Å². The van der Waals surface area contributed by atoms with Crippen LogP contribution in [0.2, 0.25) is 0 Å². The van der Waals surface area contributed by atoms with Crippen LogP contribution in [0.5, 0.6) is 5.75 Å². The van der Waals surface area contributed by atoms with Gasteiger partial charge < -0.3 is 15.4 Å². The maximum atomic E-state index is 11.5. The lowest BCUT2D eigenvalue weighted by atomic mass is 9.95. The van der Waals surface area contributed by atoms with E-state index in [0.717, 1.165) is 25.4 Å². The monoisotopic (exact) mass is 248 g/mol. The first kappa shape index (κ1) is 12.9. The highest BCUT2D eigenvalue weighted by molar-refractivity contribution is 5.70. The molecule has 1 aliphatic rings. The van der Waals surface area contributed by atoms with Crippen LogP contribution in [0, 0.1) is 5.92 Å². The minimum Gasteiger partial charge on any atom is -0.410 e. The first-order valence-corrected chi connectivity index (χ1v) is 6.56. The molecule has 1 amide bonds. The number of carbonyl (C=O) groups is 1. The molecule has 18 heavy (non-hydrogen) atoms. The second kappa shape index (κ2) is 7.01. The Balaban J connectivity index is 1.62. The van der Waals surface area contributed by atoms with Crippen LogP contribution in [0.15, 0.2) is 30.3 Å². The number of amides is 1. The molecule has 0 atom stereocenters. The van der Waals surface area contributed by atoms with Gasteiger partial charge in [-0.15, -0.1) is 0 Å². The third-order valence-electron chi connectivity index (χ3n) is 3.23. The van der Waals surface area contributed by atoms with E-state index < -0.39 is 0 Å². The van der Waals surface area contributed by atoms with Crippen LogP contribution in [0.4, 0.5) is 4.79 Å². The lowest BCUT2D eigenvalue weighted by Crippen LogP contribution is -2.32. The Morgan fingerprint density at radius 3 is 2.72 bits per heavy atom. The zero-order valence-electron chi connectivity index (χ0n) is 10.5. The summed E-state index contributed by atoms with van der Waals surface area (Å²) in [5.74, 6) is 1.31. The van der Waals surface area contributed by atoms with E-state index in [1.165, 1.54) is 12.8 Å². The van der Waals surface area contributed by atoms with Crippen LogP contribution in [0.25, 0.3) is 0 Å². The lowest BCUT2D eigenvalue weighted by molar-refractivity contribution is 0.199. The maximum absolute atomic E-state index is 11.5. The Labute approximate surface area is 108 Å². The van der Waals surface area contributed by atoms with Gasteiger partial charge in [-0.3, -0.25) is 0 Å². The van der Waals surface area contributed by atoms with Crippen molar-refractivity contribution in [3.63, 3.8) is 0 Å². The Morgan fingerprint density at radius 1 is 1.28 bits per heavy atom. The van der Waals surface area contributed by atoms with Crippen molar-refractivity contribution in [3.05, 3.63) is 30.3 Å². The van der Waals surface area contributed by atoms with Gasteiger partial charge >= 0.3 is 6.09 Å². The second-order valence-electron chi connectivity index (χ2n) is 4.61. The molecule has 0 bridgehead atoms. The fourth-order valence-corrected chi connectivity index (χ4v) is 2.18. The first-order valence-electron chi connectivity index (χ1n) is 6.56. The van der Waals surface area contributed by atoms with Crippen molar-refractivity contribution in [2.24, 2.45) is 5.92 Å². The van der Waals surface area contributed by atoms with Crippen molar-refractivity contribution in [2.75, 3.05) is 19.6 Å². The van der Waals surface area contributed by atoms with Gasteiger partial charge in [-0.05, 0) is 50.4 Å². The molecule has 0 spiro atoms. The molecule has 0 unspecified atom stereocenters. The second-order valence-corrected chi connectivity index (χ2v) is 4.61. The molecule has 1 saturated heterocycles. The molecule has 2 N–H and O–H groups in total. The van der Waals surface area contributed by atoms with Gasteiger partial charge in [0.05, 0.1) is 0 Å². The molecule has 0 aromatic heterocycles. The normalized spacial score (nSPS) is 16.2. The number of piperidine rings is 1. The van der Waals surface area contributed by atoms with Gasteiger partial charge in [0.15, 0.2) is 0 Å². The highest BCUT2D eigenvalue weighted by Crippen LogP contribution is 2.14.